The fraction of sp³-hybridized carbons (Fsp3) is 0.125. The van der Waals surface area contributed by atoms with E-state index in [1.54, 1.807) is 23.5 Å². The van der Waals surface area contributed by atoms with Crippen LogP contribution in [0.5, 0.6) is 0 Å². The minimum atomic E-state index is -0.479. The number of benzene rings is 2. The molecule has 3 aromatic rings. The van der Waals surface area contributed by atoms with Crippen molar-refractivity contribution >= 4 is 21.6 Å². The summed E-state index contributed by atoms with van der Waals surface area (Å²) in [6.45, 7) is 1.23. The fourth-order valence-corrected chi connectivity index (χ4v) is 3.01. The molecule has 0 atom stereocenters. The van der Waals surface area contributed by atoms with Crippen molar-refractivity contribution in [2.45, 2.75) is 13.1 Å². The van der Waals surface area contributed by atoms with E-state index in [1.165, 1.54) is 10.8 Å². The zero-order chi connectivity index (χ0) is 14.7. The second kappa shape index (κ2) is 6.00. The fourth-order valence-electron chi connectivity index (χ4n) is 2.08. The first-order chi connectivity index (χ1) is 10.3. The van der Waals surface area contributed by atoms with Gasteiger partial charge in [-0.2, -0.15) is 5.26 Å². The van der Waals surface area contributed by atoms with E-state index in [-0.39, 0.29) is 5.56 Å². The van der Waals surface area contributed by atoms with Crippen LogP contribution in [0.15, 0.2) is 42.5 Å². The van der Waals surface area contributed by atoms with Gasteiger partial charge in [0.25, 0.3) is 0 Å². The van der Waals surface area contributed by atoms with E-state index in [1.807, 2.05) is 24.3 Å². The van der Waals surface area contributed by atoms with Gasteiger partial charge in [-0.05, 0) is 29.8 Å². The minimum absolute atomic E-state index is 0.0780. The Kier molecular flexibility index (Phi) is 3.91. The maximum atomic E-state index is 13.2. The Labute approximate surface area is 125 Å². The Morgan fingerprint density at radius 3 is 2.86 bits per heavy atom. The van der Waals surface area contributed by atoms with Crippen molar-refractivity contribution < 1.29 is 4.39 Å². The Morgan fingerprint density at radius 1 is 1.19 bits per heavy atom. The van der Waals surface area contributed by atoms with Crippen molar-refractivity contribution in [2.75, 3.05) is 0 Å². The molecule has 0 aliphatic heterocycles. The van der Waals surface area contributed by atoms with Crippen molar-refractivity contribution in [3.05, 3.63) is 64.4 Å². The van der Waals surface area contributed by atoms with Crippen LogP contribution in [-0.4, -0.2) is 4.98 Å². The third kappa shape index (κ3) is 3.07. The van der Waals surface area contributed by atoms with Gasteiger partial charge >= 0.3 is 0 Å². The van der Waals surface area contributed by atoms with Crippen molar-refractivity contribution in [3.8, 4) is 6.07 Å². The Bertz CT molecular complexity index is 787. The molecule has 3 nitrogen and oxygen atoms in total. The average molecular weight is 297 g/mol. The van der Waals surface area contributed by atoms with Gasteiger partial charge in [0.15, 0.2) is 0 Å². The maximum absolute atomic E-state index is 13.2. The number of para-hydroxylation sites is 1. The molecule has 0 fully saturated rings. The largest absolute Gasteiger partial charge is 0.306 e. The summed E-state index contributed by atoms with van der Waals surface area (Å²) >= 11 is 1.66. The normalized spacial score (nSPS) is 10.7. The molecule has 0 unspecified atom stereocenters. The lowest BCUT2D eigenvalue weighted by atomic mass is 10.1. The Morgan fingerprint density at radius 2 is 2.05 bits per heavy atom. The first-order valence-corrected chi connectivity index (χ1v) is 7.31. The van der Waals surface area contributed by atoms with Crippen LogP contribution in [0.1, 0.15) is 16.1 Å². The summed E-state index contributed by atoms with van der Waals surface area (Å²) in [5, 5.41) is 13.1. The lowest BCUT2D eigenvalue weighted by Gasteiger charge is -2.03. The molecule has 0 aliphatic rings. The van der Waals surface area contributed by atoms with Gasteiger partial charge in [-0.25, -0.2) is 9.37 Å². The van der Waals surface area contributed by atoms with Gasteiger partial charge in [-0.3, -0.25) is 0 Å². The molecule has 3 rings (SSSR count). The van der Waals surface area contributed by atoms with Crippen LogP contribution < -0.4 is 5.32 Å². The van der Waals surface area contributed by atoms with Crippen LogP contribution >= 0.6 is 11.3 Å². The van der Waals surface area contributed by atoms with E-state index in [0.717, 1.165) is 16.1 Å². The minimum Gasteiger partial charge on any atom is -0.306 e. The summed E-state index contributed by atoms with van der Waals surface area (Å²) in [4.78, 5) is 4.54. The number of nitriles is 1. The van der Waals surface area contributed by atoms with E-state index < -0.39 is 5.82 Å². The van der Waals surface area contributed by atoms with Crippen LogP contribution in [0.3, 0.4) is 0 Å². The number of hydrogen-bond donors (Lipinski definition) is 1. The highest BCUT2D eigenvalue weighted by molar-refractivity contribution is 7.18. The summed E-state index contributed by atoms with van der Waals surface area (Å²) in [7, 11) is 0. The number of fused-ring (bicyclic) bond motifs is 1. The number of thiazole rings is 1. The van der Waals surface area contributed by atoms with Crippen LogP contribution in [-0.2, 0) is 13.1 Å². The predicted molar refractivity (Wildman–Crippen MR) is 81.3 cm³/mol. The highest BCUT2D eigenvalue weighted by Gasteiger charge is 2.04. The second-order valence-electron chi connectivity index (χ2n) is 4.60. The summed E-state index contributed by atoms with van der Waals surface area (Å²) in [5.74, 6) is -0.479. The van der Waals surface area contributed by atoms with Crippen LogP contribution in [0.25, 0.3) is 10.2 Å². The van der Waals surface area contributed by atoms with E-state index in [4.69, 9.17) is 5.26 Å². The number of halogens is 1. The van der Waals surface area contributed by atoms with Crippen LogP contribution in [0.4, 0.5) is 4.39 Å². The molecule has 2 aromatic carbocycles. The van der Waals surface area contributed by atoms with Gasteiger partial charge in [0.05, 0.1) is 15.8 Å². The van der Waals surface area contributed by atoms with E-state index in [2.05, 4.69) is 16.4 Å². The topological polar surface area (TPSA) is 48.7 Å². The van der Waals surface area contributed by atoms with Gasteiger partial charge in [0.2, 0.25) is 0 Å². The number of hydrogen-bond acceptors (Lipinski definition) is 4. The van der Waals surface area contributed by atoms with Gasteiger partial charge < -0.3 is 5.32 Å². The van der Waals surface area contributed by atoms with Gasteiger partial charge in [0.1, 0.15) is 16.9 Å². The summed E-state index contributed by atoms with van der Waals surface area (Å²) in [6, 6.07) is 14.4. The summed E-state index contributed by atoms with van der Waals surface area (Å²) < 4.78 is 14.4. The molecule has 1 N–H and O–H groups in total. The standard InChI is InChI=1S/C16H12FN3S/c17-13-6-5-11(7-12(13)8-18)9-19-10-16-20-14-3-1-2-4-15(14)21-16/h1-7,19H,9-10H2. The highest BCUT2D eigenvalue weighted by atomic mass is 32.1. The number of aromatic nitrogens is 1. The number of nitrogens with zero attached hydrogens (tertiary/aromatic N) is 2. The average Bonchev–Trinajstić information content (AvgIpc) is 2.91. The first kappa shape index (κ1) is 13.7. The van der Waals surface area contributed by atoms with Gasteiger partial charge in [0, 0.05) is 13.1 Å². The van der Waals surface area contributed by atoms with E-state index in [9.17, 15) is 4.39 Å². The van der Waals surface area contributed by atoms with Gasteiger partial charge in [-0.15, -0.1) is 11.3 Å². The lowest BCUT2D eigenvalue weighted by molar-refractivity contribution is 0.621. The molecule has 0 amide bonds. The van der Waals surface area contributed by atoms with Crippen molar-refractivity contribution in [2.24, 2.45) is 0 Å². The number of nitrogens with one attached hydrogen (secondary N) is 1. The molecule has 1 aromatic heterocycles. The van der Waals surface area contributed by atoms with Gasteiger partial charge in [-0.1, -0.05) is 18.2 Å². The predicted octanol–water partition coefficient (Wildman–Crippen LogP) is 3.60. The molecule has 0 saturated carbocycles. The SMILES string of the molecule is N#Cc1cc(CNCc2nc3ccccc3s2)ccc1F. The summed E-state index contributed by atoms with van der Waals surface area (Å²) in [5.41, 5.74) is 1.97. The molecule has 0 saturated heterocycles. The molecular weight excluding hydrogens is 285 g/mol. The smallest absolute Gasteiger partial charge is 0.140 e. The highest BCUT2D eigenvalue weighted by Crippen LogP contribution is 2.21. The quantitative estimate of drug-likeness (QED) is 0.800. The Balaban J connectivity index is 1.64. The molecule has 1 heterocycles. The molecular formula is C16H12FN3S. The third-order valence-corrected chi connectivity index (χ3v) is 4.13. The van der Waals surface area contributed by atoms with E-state index >= 15 is 0 Å². The zero-order valence-electron chi connectivity index (χ0n) is 11.1. The summed E-state index contributed by atoms with van der Waals surface area (Å²) in [6.07, 6.45) is 0. The molecule has 0 bridgehead atoms. The molecule has 0 spiro atoms. The molecule has 104 valence electrons. The van der Waals surface area contributed by atoms with Crippen molar-refractivity contribution in [3.63, 3.8) is 0 Å². The molecule has 0 aliphatic carbocycles. The number of rotatable bonds is 4. The molecule has 5 heteroatoms. The maximum Gasteiger partial charge on any atom is 0.140 e. The molecule has 21 heavy (non-hydrogen) atoms. The monoisotopic (exact) mass is 297 g/mol. The van der Waals surface area contributed by atoms with Crippen molar-refractivity contribution in [1.29, 1.82) is 5.26 Å². The van der Waals surface area contributed by atoms with E-state index in [0.29, 0.717) is 13.1 Å². The van der Waals surface area contributed by atoms with Crippen LogP contribution in [0, 0.1) is 17.1 Å². The zero-order valence-corrected chi connectivity index (χ0v) is 12.0. The van der Waals surface area contributed by atoms with Crippen molar-refractivity contribution in [1.82, 2.24) is 10.3 Å². The second-order valence-corrected chi connectivity index (χ2v) is 5.72. The molecule has 0 radical (unpaired) electrons. The lowest BCUT2D eigenvalue weighted by Crippen LogP contribution is -2.12. The third-order valence-electron chi connectivity index (χ3n) is 3.09. The first-order valence-electron chi connectivity index (χ1n) is 6.50. The van der Waals surface area contributed by atoms with Crippen LogP contribution in [0.2, 0.25) is 0 Å². The Hall–Kier alpha value is -2.29.